The van der Waals surface area contributed by atoms with Gasteiger partial charge in [-0.25, -0.2) is 9.79 Å². The number of cyclic esters (lactones) is 1. The summed E-state index contributed by atoms with van der Waals surface area (Å²) in [6.45, 7) is 7.26. The first kappa shape index (κ1) is 23.3. The summed E-state index contributed by atoms with van der Waals surface area (Å²) < 4.78 is 7.14. The highest BCUT2D eigenvalue weighted by Crippen LogP contribution is 2.25. The van der Waals surface area contributed by atoms with Crippen LogP contribution in [-0.2, 0) is 4.74 Å². The Morgan fingerprint density at radius 3 is 2.81 bits per heavy atom. The van der Waals surface area contributed by atoms with Crippen molar-refractivity contribution in [2.24, 2.45) is 15.7 Å². The van der Waals surface area contributed by atoms with Crippen molar-refractivity contribution < 1.29 is 9.53 Å². The molecular weight excluding hydrogens is 406 g/mol. The largest absolute Gasteiger partial charge is 0.442 e. The van der Waals surface area contributed by atoms with Gasteiger partial charge in [-0.3, -0.25) is 9.67 Å². The number of aromatic nitrogens is 2. The highest BCUT2D eigenvalue weighted by Gasteiger charge is 2.23. The standard InChI is InChI=1S/C23H33N7O2/c1-5-8-21-22(17-11-27-30(14-17)18(6-2)7-3)28-20(15-29(21)4)16(9-24)10-25-12-19-13-26-23(31)32-19/h8-11,14-15,18-19H,5-7,12-13,24H2,1-4H3,(H,26,31)/b16-9?,21-8-,25-10?. The Kier molecular flexibility index (Phi) is 7.86. The third-order valence-corrected chi connectivity index (χ3v) is 5.52. The third-order valence-electron chi connectivity index (χ3n) is 5.52. The smallest absolute Gasteiger partial charge is 0.407 e. The molecule has 1 atom stereocenters. The summed E-state index contributed by atoms with van der Waals surface area (Å²) in [5, 5.41) is 7.22. The summed E-state index contributed by atoms with van der Waals surface area (Å²) in [5.41, 5.74) is 10.2. The van der Waals surface area contributed by atoms with Gasteiger partial charge >= 0.3 is 6.09 Å². The zero-order chi connectivity index (χ0) is 23.1. The molecule has 0 aromatic carbocycles. The molecule has 3 rings (SSSR count). The number of alkyl carbamates (subject to hydrolysis) is 1. The fourth-order valence-corrected chi connectivity index (χ4v) is 3.73. The van der Waals surface area contributed by atoms with Crippen molar-refractivity contribution in [3.8, 4) is 0 Å². The quantitative estimate of drug-likeness (QED) is 0.575. The number of ether oxygens (including phenoxy) is 1. The van der Waals surface area contributed by atoms with Gasteiger partial charge in [0.15, 0.2) is 0 Å². The first-order valence-electron chi connectivity index (χ1n) is 11.2. The second-order valence-electron chi connectivity index (χ2n) is 7.79. The molecule has 32 heavy (non-hydrogen) atoms. The van der Waals surface area contributed by atoms with Gasteiger partial charge < -0.3 is 20.7 Å². The molecule has 1 unspecified atom stereocenters. The van der Waals surface area contributed by atoms with Crippen molar-refractivity contribution in [2.75, 3.05) is 20.1 Å². The molecule has 3 heterocycles. The fraction of sp³-hybridized carbons (Fsp3) is 0.478. The summed E-state index contributed by atoms with van der Waals surface area (Å²) in [4.78, 5) is 22.6. The number of rotatable bonds is 9. The van der Waals surface area contributed by atoms with Gasteiger partial charge in [0.05, 0.1) is 42.4 Å². The molecule has 172 valence electrons. The Balaban J connectivity index is 1.87. The van der Waals surface area contributed by atoms with Crippen LogP contribution in [0.1, 0.15) is 51.6 Å². The first-order valence-corrected chi connectivity index (χ1v) is 11.2. The van der Waals surface area contributed by atoms with Crippen LogP contribution in [0, 0.1) is 0 Å². The van der Waals surface area contributed by atoms with E-state index < -0.39 is 6.09 Å². The first-order chi connectivity index (χ1) is 15.5. The van der Waals surface area contributed by atoms with Crippen LogP contribution in [0.25, 0.3) is 0 Å². The van der Waals surface area contributed by atoms with Gasteiger partial charge in [0.2, 0.25) is 0 Å². The van der Waals surface area contributed by atoms with Gasteiger partial charge in [-0.05, 0) is 19.3 Å². The molecule has 9 heteroatoms. The van der Waals surface area contributed by atoms with Crippen molar-refractivity contribution in [1.82, 2.24) is 20.0 Å². The molecule has 1 amide bonds. The SMILES string of the molecule is CC/C=C1/C(c2cnn(C(CC)CC)c2)=NC(C(C=NCC2CNC(=O)O2)=CN)=CN1C. The Bertz CT molecular complexity index is 967. The van der Waals surface area contributed by atoms with Gasteiger partial charge in [0, 0.05) is 43.0 Å². The number of hydrogen-bond donors (Lipinski definition) is 2. The summed E-state index contributed by atoms with van der Waals surface area (Å²) in [6.07, 6.45) is 13.5. The van der Waals surface area contributed by atoms with Crippen molar-refractivity contribution in [3.05, 3.63) is 53.4 Å². The molecule has 1 aromatic rings. The molecular formula is C23H33N7O2. The van der Waals surface area contributed by atoms with E-state index in [4.69, 9.17) is 15.5 Å². The third kappa shape index (κ3) is 5.27. The summed E-state index contributed by atoms with van der Waals surface area (Å²) in [7, 11) is 2.00. The maximum Gasteiger partial charge on any atom is 0.407 e. The predicted molar refractivity (Wildman–Crippen MR) is 127 cm³/mol. The lowest BCUT2D eigenvalue weighted by atomic mass is 10.1. The number of allylic oxidation sites excluding steroid dienone is 3. The molecule has 0 bridgehead atoms. The molecule has 0 spiro atoms. The molecule has 0 saturated carbocycles. The molecule has 1 fully saturated rings. The lowest BCUT2D eigenvalue weighted by Gasteiger charge is -2.25. The Morgan fingerprint density at radius 2 is 2.19 bits per heavy atom. The van der Waals surface area contributed by atoms with E-state index in [0.717, 1.165) is 36.2 Å². The van der Waals surface area contributed by atoms with E-state index in [1.807, 2.05) is 24.1 Å². The highest BCUT2D eigenvalue weighted by atomic mass is 16.6. The van der Waals surface area contributed by atoms with Crippen molar-refractivity contribution in [1.29, 1.82) is 0 Å². The maximum absolute atomic E-state index is 11.2. The summed E-state index contributed by atoms with van der Waals surface area (Å²) in [6, 6.07) is 0.366. The lowest BCUT2D eigenvalue weighted by molar-refractivity contribution is 0.144. The Labute approximate surface area is 189 Å². The number of carbonyl (C=O) groups excluding carboxylic acids is 1. The van der Waals surface area contributed by atoms with Gasteiger partial charge in [-0.1, -0.05) is 26.8 Å². The summed E-state index contributed by atoms with van der Waals surface area (Å²) >= 11 is 0. The van der Waals surface area contributed by atoms with Crippen molar-refractivity contribution >= 4 is 18.0 Å². The van der Waals surface area contributed by atoms with Gasteiger partial charge in [-0.2, -0.15) is 5.10 Å². The van der Waals surface area contributed by atoms with Crippen LogP contribution in [0.3, 0.4) is 0 Å². The minimum Gasteiger partial charge on any atom is -0.442 e. The minimum absolute atomic E-state index is 0.269. The zero-order valence-corrected chi connectivity index (χ0v) is 19.3. The van der Waals surface area contributed by atoms with Crippen LogP contribution in [-0.4, -0.2) is 58.9 Å². The zero-order valence-electron chi connectivity index (χ0n) is 19.3. The minimum atomic E-state index is -0.408. The number of hydrogen-bond acceptors (Lipinski definition) is 7. The van der Waals surface area contributed by atoms with E-state index in [9.17, 15) is 4.79 Å². The van der Waals surface area contributed by atoms with E-state index in [-0.39, 0.29) is 6.10 Å². The molecule has 2 aliphatic heterocycles. The second-order valence-corrected chi connectivity index (χ2v) is 7.79. The maximum atomic E-state index is 11.2. The number of carbonyl (C=O) groups is 1. The van der Waals surface area contributed by atoms with E-state index in [0.29, 0.717) is 30.4 Å². The van der Waals surface area contributed by atoms with Gasteiger partial charge in [0.25, 0.3) is 0 Å². The monoisotopic (exact) mass is 439 g/mol. The number of amides is 1. The van der Waals surface area contributed by atoms with Crippen LogP contribution in [0.4, 0.5) is 4.79 Å². The number of aliphatic imine (C=N–C) groups is 2. The van der Waals surface area contributed by atoms with E-state index in [1.165, 1.54) is 6.20 Å². The average Bonchev–Trinajstić information content (AvgIpc) is 3.43. The molecule has 0 radical (unpaired) electrons. The number of nitrogens with two attached hydrogens (primary N) is 1. The average molecular weight is 440 g/mol. The van der Waals surface area contributed by atoms with E-state index in [1.54, 1.807) is 6.21 Å². The topological polar surface area (TPSA) is 110 Å². The van der Waals surface area contributed by atoms with Crippen molar-refractivity contribution in [2.45, 2.75) is 52.2 Å². The number of nitrogens with one attached hydrogen (secondary N) is 1. The number of likely N-dealkylation sites (N-methyl/N-ethyl adjacent to an activating group) is 1. The molecule has 2 aliphatic rings. The normalized spacial score (nSPS) is 20.7. The molecule has 9 nitrogen and oxygen atoms in total. The van der Waals surface area contributed by atoms with Crippen LogP contribution < -0.4 is 11.1 Å². The van der Waals surface area contributed by atoms with Gasteiger partial charge in [0.1, 0.15) is 6.10 Å². The van der Waals surface area contributed by atoms with Crippen LogP contribution in [0.2, 0.25) is 0 Å². The van der Waals surface area contributed by atoms with E-state index in [2.05, 4.69) is 53.4 Å². The highest BCUT2D eigenvalue weighted by molar-refractivity contribution is 6.13. The lowest BCUT2D eigenvalue weighted by Crippen LogP contribution is -2.24. The summed E-state index contributed by atoms with van der Waals surface area (Å²) in [5.74, 6) is 0. The number of nitrogens with zero attached hydrogens (tertiary/aromatic N) is 5. The van der Waals surface area contributed by atoms with Gasteiger partial charge in [-0.15, -0.1) is 0 Å². The Hall–Kier alpha value is -3.36. The van der Waals surface area contributed by atoms with Crippen LogP contribution >= 0.6 is 0 Å². The molecule has 0 aliphatic carbocycles. The fourth-order valence-electron chi connectivity index (χ4n) is 3.73. The predicted octanol–water partition coefficient (Wildman–Crippen LogP) is 3.14. The van der Waals surface area contributed by atoms with Crippen LogP contribution in [0.15, 0.2) is 57.8 Å². The molecule has 1 aromatic heterocycles. The van der Waals surface area contributed by atoms with E-state index >= 15 is 0 Å². The Morgan fingerprint density at radius 1 is 1.41 bits per heavy atom. The van der Waals surface area contributed by atoms with Crippen molar-refractivity contribution in [3.63, 3.8) is 0 Å². The molecule has 1 saturated heterocycles. The second kappa shape index (κ2) is 10.8. The molecule has 3 N–H and O–H groups in total. The van der Waals surface area contributed by atoms with Crippen LogP contribution in [0.5, 0.6) is 0 Å².